The number of carbonyl (C=O) groups is 1. The highest BCUT2D eigenvalue weighted by Crippen LogP contribution is 2.33. The minimum Gasteiger partial charge on any atom is -0.477 e. The highest BCUT2D eigenvalue weighted by atomic mass is 35.5. The molecule has 0 bridgehead atoms. The molecule has 122 valence electrons. The van der Waals surface area contributed by atoms with Crippen molar-refractivity contribution in [2.75, 3.05) is 0 Å². The maximum atomic E-state index is 13.7. The lowest BCUT2D eigenvalue weighted by Crippen LogP contribution is -2.08. The van der Waals surface area contributed by atoms with Gasteiger partial charge in [-0.3, -0.25) is 0 Å². The van der Waals surface area contributed by atoms with E-state index in [-0.39, 0.29) is 27.0 Å². The fourth-order valence-electron chi connectivity index (χ4n) is 2.19. The van der Waals surface area contributed by atoms with Crippen LogP contribution in [0.3, 0.4) is 0 Å². The molecule has 1 N–H and O–H groups in total. The van der Waals surface area contributed by atoms with Crippen molar-refractivity contribution in [3.05, 3.63) is 69.0 Å². The Morgan fingerprint density at radius 3 is 2.42 bits per heavy atom. The molecule has 0 unspecified atom stereocenters. The molecular weight excluding hydrogens is 378 g/mol. The summed E-state index contributed by atoms with van der Waals surface area (Å²) in [4.78, 5) is 11.5. The van der Waals surface area contributed by atoms with Gasteiger partial charge >= 0.3 is 5.97 Å². The van der Waals surface area contributed by atoms with Crippen LogP contribution in [-0.4, -0.2) is 20.9 Å². The molecule has 8 heteroatoms. The van der Waals surface area contributed by atoms with Gasteiger partial charge in [0.15, 0.2) is 5.69 Å². The van der Waals surface area contributed by atoms with Crippen molar-refractivity contribution < 1.29 is 14.3 Å². The van der Waals surface area contributed by atoms with E-state index in [0.717, 1.165) is 6.07 Å². The number of halogens is 4. The zero-order chi connectivity index (χ0) is 17.4. The number of hydrogen-bond donors (Lipinski definition) is 1. The summed E-state index contributed by atoms with van der Waals surface area (Å²) < 4.78 is 14.9. The number of aromatic carboxylic acids is 1. The van der Waals surface area contributed by atoms with Crippen LogP contribution in [0, 0.1) is 5.82 Å². The van der Waals surface area contributed by atoms with Crippen LogP contribution in [0.5, 0.6) is 0 Å². The zero-order valence-corrected chi connectivity index (χ0v) is 14.1. The summed E-state index contributed by atoms with van der Waals surface area (Å²) in [5.41, 5.74) is 0.664. The number of benzene rings is 2. The molecule has 0 atom stereocenters. The molecule has 0 aliphatic heterocycles. The molecule has 0 spiro atoms. The van der Waals surface area contributed by atoms with Crippen molar-refractivity contribution in [3.8, 4) is 16.9 Å². The van der Waals surface area contributed by atoms with Gasteiger partial charge in [-0.1, -0.05) is 46.9 Å². The highest BCUT2D eigenvalue weighted by Gasteiger charge is 2.20. The van der Waals surface area contributed by atoms with E-state index in [4.69, 9.17) is 34.8 Å². The number of nitrogens with zero attached hydrogens (tertiary/aromatic N) is 2. The Balaban J connectivity index is 2.23. The number of hydrogen-bond acceptors (Lipinski definition) is 2. The van der Waals surface area contributed by atoms with Gasteiger partial charge in [0.25, 0.3) is 0 Å². The topological polar surface area (TPSA) is 55.1 Å². The molecule has 0 amide bonds. The normalized spacial score (nSPS) is 10.8. The third kappa shape index (κ3) is 2.98. The SMILES string of the molecule is O=C(O)c1cc(-c2cc(F)c(Cl)cc2Cl)nn1-c1ccccc1Cl. The van der Waals surface area contributed by atoms with Gasteiger partial charge in [0.05, 0.1) is 26.4 Å². The average molecular weight is 386 g/mol. The molecule has 1 heterocycles. The van der Waals surface area contributed by atoms with Gasteiger partial charge in [0.1, 0.15) is 5.82 Å². The van der Waals surface area contributed by atoms with Gasteiger partial charge < -0.3 is 5.11 Å². The Morgan fingerprint density at radius 2 is 1.75 bits per heavy atom. The number of para-hydroxylation sites is 1. The monoisotopic (exact) mass is 384 g/mol. The third-order valence-electron chi connectivity index (χ3n) is 3.30. The number of aromatic nitrogens is 2. The van der Waals surface area contributed by atoms with Crippen molar-refractivity contribution >= 4 is 40.8 Å². The minimum absolute atomic E-state index is 0.132. The zero-order valence-electron chi connectivity index (χ0n) is 11.8. The van der Waals surface area contributed by atoms with Crippen molar-refractivity contribution in [3.63, 3.8) is 0 Å². The van der Waals surface area contributed by atoms with Crippen LogP contribution in [0.15, 0.2) is 42.5 Å². The first-order valence-electron chi connectivity index (χ1n) is 6.61. The van der Waals surface area contributed by atoms with Gasteiger partial charge in [0.2, 0.25) is 0 Å². The van der Waals surface area contributed by atoms with Crippen molar-refractivity contribution in [2.24, 2.45) is 0 Å². The molecule has 0 aliphatic carbocycles. The lowest BCUT2D eigenvalue weighted by Gasteiger charge is -2.06. The molecule has 3 aromatic rings. The lowest BCUT2D eigenvalue weighted by atomic mass is 10.1. The Hall–Kier alpha value is -2.08. The molecule has 2 aromatic carbocycles. The standard InChI is InChI=1S/C16H8Cl3FN2O2/c17-9-3-1-2-4-14(9)22-15(16(23)24)7-13(21-22)8-5-12(20)11(19)6-10(8)18/h1-7H,(H,23,24). The quantitative estimate of drug-likeness (QED) is 0.619. The molecule has 0 radical (unpaired) electrons. The fourth-order valence-corrected chi connectivity index (χ4v) is 2.89. The molecule has 0 aliphatic rings. The number of carboxylic acid groups (broad SMARTS) is 1. The summed E-state index contributed by atoms with van der Waals surface area (Å²) in [6.45, 7) is 0. The molecule has 3 rings (SSSR count). The molecule has 1 aromatic heterocycles. The summed E-state index contributed by atoms with van der Waals surface area (Å²) in [6.07, 6.45) is 0. The summed E-state index contributed by atoms with van der Waals surface area (Å²) in [6, 6.07) is 10.3. The number of carboxylic acids is 1. The minimum atomic E-state index is -1.21. The molecule has 0 saturated carbocycles. The first-order chi connectivity index (χ1) is 11.4. The van der Waals surface area contributed by atoms with Crippen LogP contribution in [-0.2, 0) is 0 Å². The van der Waals surface area contributed by atoms with E-state index in [1.54, 1.807) is 24.3 Å². The fraction of sp³-hybridized carbons (Fsp3) is 0. The maximum absolute atomic E-state index is 13.7. The van der Waals surface area contributed by atoms with Gasteiger partial charge in [-0.25, -0.2) is 13.9 Å². The maximum Gasteiger partial charge on any atom is 0.354 e. The Bertz CT molecular complexity index is 956. The van der Waals surface area contributed by atoms with Crippen LogP contribution in [0.4, 0.5) is 4.39 Å². The lowest BCUT2D eigenvalue weighted by molar-refractivity contribution is 0.0687. The van der Waals surface area contributed by atoms with E-state index in [2.05, 4.69) is 5.10 Å². The number of rotatable bonds is 3. The average Bonchev–Trinajstić information content (AvgIpc) is 2.96. The highest BCUT2D eigenvalue weighted by molar-refractivity contribution is 6.36. The van der Waals surface area contributed by atoms with E-state index >= 15 is 0 Å². The van der Waals surface area contributed by atoms with Gasteiger partial charge in [-0.05, 0) is 30.3 Å². The van der Waals surface area contributed by atoms with E-state index < -0.39 is 11.8 Å². The van der Waals surface area contributed by atoms with Gasteiger partial charge in [-0.2, -0.15) is 5.10 Å². The molecule has 4 nitrogen and oxygen atoms in total. The van der Waals surface area contributed by atoms with Crippen molar-refractivity contribution in [1.82, 2.24) is 9.78 Å². The predicted molar refractivity (Wildman–Crippen MR) is 90.9 cm³/mol. The van der Waals surface area contributed by atoms with Gasteiger partial charge in [-0.15, -0.1) is 0 Å². The summed E-state index contributed by atoms with van der Waals surface area (Å²) >= 11 is 17.9. The van der Waals surface area contributed by atoms with Gasteiger partial charge in [0, 0.05) is 5.56 Å². The van der Waals surface area contributed by atoms with Crippen LogP contribution in [0.25, 0.3) is 16.9 Å². The van der Waals surface area contributed by atoms with Crippen molar-refractivity contribution in [1.29, 1.82) is 0 Å². The smallest absolute Gasteiger partial charge is 0.354 e. The second kappa shape index (κ2) is 6.43. The summed E-state index contributed by atoms with van der Waals surface area (Å²) in [7, 11) is 0. The predicted octanol–water partition coefficient (Wildman–Crippen LogP) is 5.34. The van der Waals surface area contributed by atoms with Crippen molar-refractivity contribution in [2.45, 2.75) is 0 Å². The van der Waals surface area contributed by atoms with Crippen LogP contribution >= 0.6 is 34.8 Å². The molecule has 0 saturated heterocycles. The van der Waals surface area contributed by atoms with Crippen LogP contribution < -0.4 is 0 Å². The van der Waals surface area contributed by atoms with Crippen LogP contribution in [0.2, 0.25) is 15.1 Å². The summed E-state index contributed by atoms with van der Waals surface area (Å²) in [5.74, 6) is -1.89. The third-order valence-corrected chi connectivity index (χ3v) is 4.22. The van der Waals surface area contributed by atoms with E-state index in [9.17, 15) is 14.3 Å². The Morgan fingerprint density at radius 1 is 1.04 bits per heavy atom. The molecular formula is C16H8Cl3FN2O2. The van der Waals surface area contributed by atoms with E-state index in [1.807, 2.05) is 0 Å². The summed E-state index contributed by atoms with van der Waals surface area (Å²) in [5, 5.41) is 14.0. The second-order valence-corrected chi connectivity index (χ2v) is 6.05. The Kier molecular flexibility index (Phi) is 4.49. The first-order valence-corrected chi connectivity index (χ1v) is 7.75. The molecule has 0 fully saturated rings. The first kappa shape index (κ1) is 16.8. The van der Waals surface area contributed by atoms with E-state index in [1.165, 1.54) is 16.8 Å². The van der Waals surface area contributed by atoms with E-state index in [0.29, 0.717) is 10.7 Å². The largest absolute Gasteiger partial charge is 0.477 e. The Labute approximate surface area is 151 Å². The van der Waals surface area contributed by atoms with Crippen LogP contribution in [0.1, 0.15) is 10.5 Å². The molecule has 24 heavy (non-hydrogen) atoms. The second-order valence-electron chi connectivity index (χ2n) is 4.83.